The maximum Gasteiger partial charge on any atom is 0.136 e. The highest BCUT2D eigenvalue weighted by Crippen LogP contribution is 2.44. The molecule has 0 radical (unpaired) electrons. The Balaban J connectivity index is 0.954. The van der Waals surface area contributed by atoms with Gasteiger partial charge in [0.15, 0.2) is 0 Å². The standard InChI is InChI=1S/C58H37NO2/c1-2-15-47-40(11-1)12-10-19-48(47)43-14-9-13-41(35-43)38-23-29-45(30-24-38)59(46-31-25-39(26-32-46)42-27-33-52-50-17-4-7-21-55(50)60-57(52)36-42)54-20-6-3-16-49(54)44-28-34-53-51-18-5-8-22-56(51)61-58(53)37-44/h1-37H. The van der Waals surface area contributed by atoms with Crippen LogP contribution in [0.1, 0.15) is 0 Å². The second kappa shape index (κ2) is 14.3. The third-order valence-corrected chi connectivity index (χ3v) is 12.1. The van der Waals surface area contributed by atoms with Gasteiger partial charge in [-0.3, -0.25) is 0 Å². The third-order valence-electron chi connectivity index (χ3n) is 12.1. The van der Waals surface area contributed by atoms with Crippen LogP contribution in [0, 0.1) is 0 Å². The van der Waals surface area contributed by atoms with Crippen molar-refractivity contribution in [2.45, 2.75) is 0 Å². The predicted octanol–water partition coefficient (Wildman–Crippen LogP) is 16.8. The molecule has 0 bridgehead atoms. The Morgan fingerprint density at radius 2 is 0.705 bits per heavy atom. The van der Waals surface area contributed by atoms with Crippen LogP contribution < -0.4 is 4.90 Å². The fourth-order valence-corrected chi connectivity index (χ4v) is 9.09. The topological polar surface area (TPSA) is 29.5 Å². The minimum atomic E-state index is 0.876. The number of fused-ring (bicyclic) bond motifs is 7. The second-order valence-corrected chi connectivity index (χ2v) is 15.7. The van der Waals surface area contributed by atoms with Crippen LogP contribution in [0.25, 0.3) is 99.2 Å². The van der Waals surface area contributed by atoms with Crippen molar-refractivity contribution >= 4 is 71.7 Å². The molecule has 3 heteroatoms. The lowest BCUT2D eigenvalue weighted by atomic mass is 9.95. The van der Waals surface area contributed by atoms with Gasteiger partial charge in [-0.1, -0.05) is 152 Å². The molecule has 0 spiro atoms. The molecule has 2 aromatic heterocycles. The number of furan rings is 2. The first-order valence-electron chi connectivity index (χ1n) is 20.7. The lowest BCUT2D eigenvalue weighted by Gasteiger charge is -2.28. The van der Waals surface area contributed by atoms with Crippen molar-refractivity contribution < 1.29 is 8.83 Å². The molecule has 0 N–H and O–H groups in total. The molecule has 12 aromatic rings. The first-order valence-corrected chi connectivity index (χ1v) is 20.7. The summed E-state index contributed by atoms with van der Waals surface area (Å²) in [5.74, 6) is 0. The summed E-state index contributed by atoms with van der Waals surface area (Å²) in [6, 6.07) is 80.0. The quantitative estimate of drug-likeness (QED) is 0.161. The summed E-state index contributed by atoms with van der Waals surface area (Å²) in [5, 5.41) is 7.01. The van der Waals surface area contributed by atoms with Crippen molar-refractivity contribution in [3.63, 3.8) is 0 Å². The van der Waals surface area contributed by atoms with Crippen LogP contribution in [0.4, 0.5) is 17.1 Å². The van der Waals surface area contributed by atoms with Crippen LogP contribution >= 0.6 is 0 Å². The molecule has 286 valence electrons. The Morgan fingerprint density at radius 3 is 1.39 bits per heavy atom. The molecule has 0 saturated heterocycles. The van der Waals surface area contributed by atoms with Crippen LogP contribution in [-0.4, -0.2) is 0 Å². The average molecular weight is 780 g/mol. The van der Waals surface area contributed by atoms with E-state index in [1.165, 1.54) is 27.5 Å². The number of benzene rings is 10. The van der Waals surface area contributed by atoms with E-state index >= 15 is 0 Å². The lowest BCUT2D eigenvalue weighted by Crippen LogP contribution is -2.11. The number of anilines is 3. The van der Waals surface area contributed by atoms with Gasteiger partial charge in [-0.2, -0.15) is 0 Å². The van der Waals surface area contributed by atoms with E-state index < -0.39 is 0 Å². The smallest absolute Gasteiger partial charge is 0.136 e. The molecule has 0 atom stereocenters. The fourth-order valence-electron chi connectivity index (χ4n) is 9.09. The molecular formula is C58H37NO2. The minimum absolute atomic E-state index is 0.876. The van der Waals surface area contributed by atoms with E-state index in [0.29, 0.717) is 0 Å². The predicted molar refractivity (Wildman–Crippen MR) is 255 cm³/mol. The lowest BCUT2D eigenvalue weighted by molar-refractivity contribution is 0.668. The van der Waals surface area contributed by atoms with Gasteiger partial charge >= 0.3 is 0 Å². The summed E-state index contributed by atoms with van der Waals surface area (Å²) in [6.45, 7) is 0. The number of rotatable bonds is 7. The molecule has 0 aliphatic rings. The maximum atomic E-state index is 6.38. The van der Waals surface area contributed by atoms with Gasteiger partial charge < -0.3 is 13.7 Å². The van der Waals surface area contributed by atoms with Crippen molar-refractivity contribution in [3.05, 3.63) is 224 Å². The van der Waals surface area contributed by atoms with Gasteiger partial charge in [0.2, 0.25) is 0 Å². The van der Waals surface area contributed by atoms with Crippen LogP contribution in [0.15, 0.2) is 233 Å². The van der Waals surface area contributed by atoms with E-state index in [1.807, 2.05) is 24.3 Å². The zero-order chi connectivity index (χ0) is 40.3. The van der Waals surface area contributed by atoms with Gasteiger partial charge in [-0.15, -0.1) is 0 Å². The Bertz CT molecular complexity index is 3590. The number of para-hydroxylation sites is 3. The van der Waals surface area contributed by atoms with Gasteiger partial charge in [-0.25, -0.2) is 0 Å². The molecule has 0 unspecified atom stereocenters. The highest BCUT2D eigenvalue weighted by Gasteiger charge is 2.19. The molecule has 61 heavy (non-hydrogen) atoms. The molecule has 3 nitrogen and oxygen atoms in total. The van der Waals surface area contributed by atoms with E-state index in [2.05, 4.69) is 205 Å². The molecule has 10 aromatic carbocycles. The highest BCUT2D eigenvalue weighted by atomic mass is 16.3. The molecule has 0 aliphatic heterocycles. The van der Waals surface area contributed by atoms with Gasteiger partial charge in [0.1, 0.15) is 22.3 Å². The Morgan fingerprint density at radius 1 is 0.262 bits per heavy atom. The molecule has 0 saturated carbocycles. The van der Waals surface area contributed by atoms with Crippen LogP contribution in [-0.2, 0) is 0 Å². The van der Waals surface area contributed by atoms with E-state index in [-0.39, 0.29) is 0 Å². The van der Waals surface area contributed by atoms with Crippen molar-refractivity contribution in [2.75, 3.05) is 4.90 Å². The highest BCUT2D eigenvalue weighted by molar-refractivity contribution is 6.07. The van der Waals surface area contributed by atoms with E-state index in [1.54, 1.807) is 0 Å². The summed E-state index contributed by atoms with van der Waals surface area (Å²) < 4.78 is 12.6. The molecule has 0 amide bonds. The average Bonchev–Trinajstić information content (AvgIpc) is 3.90. The zero-order valence-corrected chi connectivity index (χ0v) is 33.1. The summed E-state index contributed by atoms with van der Waals surface area (Å²) in [5.41, 5.74) is 15.9. The second-order valence-electron chi connectivity index (χ2n) is 15.7. The van der Waals surface area contributed by atoms with E-state index in [0.717, 1.165) is 88.8 Å². The summed E-state index contributed by atoms with van der Waals surface area (Å²) in [7, 11) is 0. The SMILES string of the molecule is c1cc(-c2ccc(N(c3ccc(-c4ccc5c(c4)oc4ccccc45)cc3)c3ccccc3-c3ccc4c(c3)oc3ccccc34)cc2)cc(-c2cccc3ccccc23)c1. The molecule has 0 fully saturated rings. The third kappa shape index (κ3) is 6.06. The van der Waals surface area contributed by atoms with Gasteiger partial charge in [0.05, 0.1) is 5.69 Å². The Labute approximate surface area is 353 Å². The maximum absolute atomic E-state index is 6.38. The zero-order valence-electron chi connectivity index (χ0n) is 33.1. The van der Waals surface area contributed by atoms with Crippen LogP contribution in [0.3, 0.4) is 0 Å². The van der Waals surface area contributed by atoms with Crippen LogP contribution in [0.2, 0.25) is 0 Å². The molecule has 2 heterocycles. The fraction of sp³-hybridized carbons (Fsp3) is 0. The summed E-state index contributed by atoms with van der Waals surface area (Å²) >= 11 is 0. The van der Waals surface area contributed by atoms with Crippen molar-refractivity contribution in [3.8, 4) is 44.5 Å². The number of hydrogen-bond donors (Lipinski definition) is 0. The van der Waals surface area contributed by atoms with Gasteiger partial charge in [0, 0.05) is 38.5 Å². The van der Waals surface area contributed by atoms with Crippen molar-refractivity contribution in [2.24, 2.45) is 0 Å². The molecular weight excluding hydrogens is 743 g/mol. The van der Waals surface area contributed by atoms with Crippen molar-refractivity contribution in [1.29, 1.82) is 0 Å². The Kier molecular flexibility index (Phi) is 8.17. The van der Waals surface area contributed by atoms with Crippen molar-refractivity contribution in [1.82, 2.24) is 0 Å². The number of hydrogen-bond acceptors (Lipinski definition) is 3. The van der Waals surface area contributed by atoms with Gasteiger partial charge in [-0.05, 0) is 123 Å². The first-order chi connectivity index (χ1) is 30.2. The largest absolute Gasteiger partial charge is 0.456 e. The van der Waals surface area contributed by atoms with E-state index in [4.69, 9.17) is 8.83 Å². The molecule has 0 aliphatic carbocycles. The first kappa shape index (κ1) is 34.9. The normalized spacial score (nSPS) is 11.6. The van der Waals surface area contributed by atoms with Gasteiger partial charge in [0.25, 0.3) is 0 Å². The monoisotopic (exact) mass is 779 g/mol. The number of nitrogens with zero attached hydrogens (tertiary/aromatic N) is 1. The minimum Gasteiger partial charge on any atom is -0.456 e. The summed E-state index contributed by atoms with van der Waals surface area (Å²) in [6.07, 6.45) is 0. The van der Waals surface area contributed by atoms with Crippen LogP contribution in [0.5, 0.6) is 0 Å². The molecule has 12 rings (SSSR count). The summed E-state index contributed by atoms with van der Waals surface area (Å²) in [4.78, 5) is 2.36. The van der Waals surface area contributed by atoms with E-state index in [9.17, 15) is 0 Å². The Hall–Kier alpha value is -8.14.